The highest BCUT2D eigenvalue weighted by molar-refractivity contribution is 5.18. The van der Waals surface area contributed by atoms with Gasteiger partial charge in [-0.3, -0.25) is 9.13 Å². The first-order valence-corrected chi connectivity index (χ1v) is 6.63. The summed E-state index contributed by atoms with van der Waals surface area (Å²) in [6, 6.07) is 10.5. The molecule has 0 aliphatic heterocycles. The second-order valence-corrected chi connectivity index (χ2v) is 4.99. The zero-order chi connectivity index (χ0) is 13.8. The van der Waals surface area contributed by atoms with Crippen molar-refractivity contribution in [3.63, 3.8) is 0 Å². The molecule has 0 spiro atoms. The van der Waals surface area contributed by atoms with E-state index >= 15 is 0 Å². The zero-order valence-electron chi connectivity index (χ0n) is 11.7. The Morgan fingerprint density at radius 2 is 1.84 bits per heavy atom. The number of likely N-dealkylation sites (N-methyl/N-ethyl adjacent to an activating group) is 1. The number of hydrogen-bond donors (Lipinski definition) is 1. The first-order chi connectivity index (χ1) is 9.13. The van der Waals surface area contributed by atoms with Crippen LogP contribution in [-0.4, -0.2) is 16.2 Å². The number of rotatable bonds is 5. The van der Waals surface area contributed by atoms with E-state index in [0.29, 0.717) is 6.54 Å². The van der Waals surface area contributed by atoms with E-state index in [9.17, 15) is 4.79 Å². The Balaban J connectivity index is 2.22. The monoisotopic (exact) mass is 259 g/mol. The van der Waals surface area contributed by atoms with Crippen LogP contribution in [0.1, 0.15) is 31.5 Å². The van der Waals surface area contributed by atoms with Gasteiger partial charge in [0.25, 0.3) is 0 Å². The van der Waals surface area contributed by atoms with Gasteiger partial charge in [0.1, 0.15) is 0 Å². The lowest BCUT2D eigenvalue weighted by atomic mass is 10.1. The Kier molecular flexibility index (Phi) is 4.22. The minimum atomic E-state index is 0.0474. The molecule has 0 saturated heterocycles. The molecular weight excluding hydrogens is 238 g/mol. The third kappa shape index (κ3) is 2.96. The van der Waals surface area contributed by atoms with Gasteiger partial charge in [0.2, 0.25) is 0 Å². The van der Waals surface area contributed by atoms with Crippen LogP contribution in [0.3, 0.4) is 0 Å². The van der Waals surface area contributed by atoms with Gasteiger partial charge in [0, 0.05) is 25.0 Å². The quantitative estimate of drug-likeness (QED) is 0.894. The van der Waals surface area contributed by atoms with E-state index in [2.05, 4.69) is 17.4 Å². The highest BCUT2D eigenvalue weighted by Crippen LogP contribution is 2.13. The van der Waals surface area contributed by atoms with Gasteiger partial charge in [-0.05, 0) is 26.5 Å². The molecule has 4 nitrogen and oxygen atoms in total. The molecule has 0 saturated carbocycles. The van der Waals surface area contributed by atoms with E-state index in [0.717, 1.165) is 0 Å². The highest BCUT2D eigenvalue weighted by Gasteiger charge is 2.12. The minimum absolute atomic E-state index is 0.0474. The molecule has 102 valence electrons. The third-order valence-electron chi connectivity index (χ3n) is 3.36. The molecule has 0 aliphatic rings. The molecule has 0 amide bonds. The number of nitrogens with one attached hydrogen (secondary N) is 1. The summed E-state index contributed by atoms with van der Waals surface area (Å²) >= 11 is 0. The Bertz CT molecular complexity index is 569. The summed E-state index contributed by atoms with van der Waals surface area (Å²) in [5, 5.41) is 3.26. The molecule has 0 fully saturated rings. The molecule has 2 aromatic rings. The Morgan fingerprint density at radius 1 is 1.16 bits per heavy atom. The zero-order valence-corrected chi connectivity index (χ0v) is 11.7. The fourth-order valence-corrected chi connectivity index (χ4v) is 2.21. The van der Waals surface area contributed by atoms with Crippen LogP contribution in [0.15, 0.2) is 47.5 Å². The van der Waals surface area contributed by atoms with Crippen molar-refractivity contribution in [2.24, 2.45) is 0 Å². The van der Waals surface area contributed by atoms with Crippen molar-refractivity contribution in [3.8, 4) is 0 Å². The van der Waals surface area contributed by atoms with Crippen LogP contribution < -0.4 is 11.0 Å². The topological polar surface area (TPSA) is 39.0 Å². The summed E-state index contributed by atoms with van der Waals surface area (Å²) in [7, 11) is 1.92. The van der Waals surface area contributed by atoms with Crippen LogP contribution >= 0.6 is 0 Å². The van der Waals surface area contributed by atoms with Crippen LogP contribution in [0.25, 0.3) is 0 Å². The molecule has 1 aromatic carbocycles. The Hall–Kier alpha value is -1.81. The number of hydrogen-bond acceptors (Lipinski definition) is 2. The second-order valence-electron chi connectivity index (χ2n) is 4.99. The summed E-state index contributed by atoms with van der Waals surface area (Å²) in [6.07, 6.45) is 3.71. The second kappa shape index (κ2) is 5.89. The van der Waals surface area contributed by atoms with Crippen LogP contribution in [0.5, 0.6) is 0 Å². The van der Waals surface area contributed by atoms with Crippen molar-refractivity contribution in [1.82, 2.24) is 14.5 Å². The lowest BCUT2D eigenvalue weighted by Crippen LogP contribution is -2.30. The van der Waals surface area contributed by atoms with E-state index < -0.39 is 0 Å². The molecule has 1 aromatic heterocycles. The van der Waals surface area contributed by atoms with Crippen molar-refractivity contribution < 1.29 is 0 Å². The molecule has 2 rings (SSSR count). The maximum absolute atomic E-state index is 12.2. The molecule has 0 bridgehead atoms. The lowest BCUT2D eigenvalue weighted by molar-refractivity contribution is 0.475. The van der Waals surface area contributed by atoms with E-state index in [4.69, 9.17) is 0 Å². The lowest BCUT2D eigenvalue weighted by Gasteiger charge is -2.16. The molecule has 1 unspecified atom stereocenters. The summed E-state index contributed by atoms with van der Waals surface area (Å²) < 4.78 is 3.51. The smallest absolute Gasteiger partial charge is 0.312 e. The fraction of sp³-hybridized carbons (Fsp3) is 0.400. The first-order valence-electron chi connectivity index (χ1n) is 6.63. The van der Waals surface area contributed by atoms with Gasteiger partial charge < -0.3 is 5.32 Å². The maximum atomic E-state index is 12.2. The molecular formula is C15H21N3O. The van der Waals surface area contributed by atoms with E-state index in [-0.39, 0.29) is 17.8 Å². The van der Waals surface area contributed by atoms with E-state index in [1.807, 2.05) is 51.5 Å². The molecule has 4 heteroatoms. The SMILES string of the molecule is CNC(Cn1ccn(C(C)C)c1=O)c1ccccc1. The standard InChI is InChI=1S/C15H21N3O/c1-12(2)18-10-9-17(15(18)19)11-14(16-3)13-7-5-4-6-8-13/h4-10,12,14,16H,11H2,1-3H3. The molecule has 19 heavy (non-hydrogen) atoms. The average Bonchev–Trinajstić information content (AvgIpc) is 2.78. The number of nitrogens with zero attached hydrogens (tertiary/aromatic N) is 2. The number of aromatic nitrogens is 2. The van der Waals surface area contributed by atoms with Crippen LogP contribution in [0, 0.1) is 0 Å². The van der Waals surface area contributed by atoms with Crippen molar-refractivity contribution in [2.75, 3.05) is 7.05 Å². The van der Waals surface area contributed by atoms with Crippen molar-refractivity contribution in [2.45, 2.75) is 32.5 Å². The molecule has 1 atom stereocenters. The molecule has 0 aliphatic carbocycles. The van der Waals surface area contributed by atoms with Gasteiger partial charge in [0.15, 0.2) is 0 Å². The number of imidazole rings is 1. The maximum Gasteiger partial charge on any atom is 0.328 e. The van der Waals surface area contributed by atoms with Crippen LogP contribution in [-0.2, 0) is 6.54 Å². The summed E-state index contributed by atoms with van der Waals surface area (Å²) in [4.78, 5) is 12.2. The normalized spacial score (nSPS) is 12.8. The predicted octanol–water partition coefficient (Wildman–Crippen LogP) is 2.19. The molecule has 1 N–H and O–H groups in total. The third-order valence-corrected chi connectivity index (χ3v) is 3.36. The molecule has 0 radical (unpaired) electrons. The summed E-state index contributed by atoms with van der Waals surface area (Å²) in [5.41, 5.74) is 1.24. The van der Waals surface area contributed by atoms with Crippen molar-refractivity contribution >= 4 is 0 Å². The average molecular weight is 259 g/mol. The predicted molar refractivity (Wildman–Crippen MR) is 77.3 cm³/mol. The molecule has 1 heterocycles. The van der Waals surface area contributed by atoms with Gasteiger partial charge in [-0.2, -0.15) is 0 Å². The van der Waals surface area contributed by atoms with Gasteiger partial charge in [-0.1, -0.05) is 30.3 Å². The van der Waals surface area contributed by atoms with Crippen LogP contribution in [0.4, 0.5) is 0 Å². The van der Waals surface area contributed by atoms with Gasteiger partial charge in [0.05, 0.1) is 6.04 Å². The van der Waals surface area contributed by atoms with Gasteiger partial charge in [-0.15, -0.1) is 0 Å². The van der Waals surface area contributed by atoms with Gasteiger partial charge >= 0.3 is 5.69 Å². The van der Waals surface area contributed by atoms with Crippen molar-refractivity contribution in [1.29, 1.82) is 0 Å². The minimum Gasteiger partial charge on any atom is -0.312 e. The summed E-state index contributed by atoms with van der Waals surface area (Å²) in [6.45, 7) is 4.66. The fourth-order valence-electron chi connectivity index (χ4n) is 2.21. The highest BCUT2D eigenvalue weighted by atomic mass is 16.1. The largest absolute Gasteiger partial charge is 0.328 e. The first kappa shape index (κ1) is 13.6. The Morgan fingerprint density at radius 3 is 2.37 bits per heavy atom. The Labute approximate surface area is 113 Å². The van der Waals surface area contributed by atoms with E-state index in [1.165, 1.54) is 5.56 Å². The summed E-state index contributed by atoms with van der Waals surface area (Å²) in [5.74, 6) is 0. The van der Waals surface area contributed by atoms with E-state index in [1.54, 1.807) is 9.13 Å². The van der Waals surface area contributed by atoms with Crippen molar-refractivity contribution in [3.05, 3.63) is 58.8 Å². The van der Waals surface area contributed by atoms with Crippen LogP contribution in [0.2, 0.25) is 0 Å². The van der Waals surface area contributed by atoms with Gasteiger partial charge in [-0.25, -0.2) is 4.79 Å². The number of benzene rings is 1.